The fourth-order valence-electron chi connectivity index (χ4n) is 2.65. The molecule has 0 aromatic heterocycles. The van der Waals surface area contributed by atoms with E-state index in [0.29, 0.717) is 41.9 Å². The largest absolute Gasteiger partial charge is 0.385 e. The van der Waals surface area contributed by atoms with Crippen LogP contribution in [-0.2, 0) is 16.0 Å². The zero-order valence-corrected chi connectivity index (χ0v) is 15.5. The lowest BCUT2D eigenvalue weighted by molar-refractivity contribution is 0.0895. The predicted molar refractivity (Wildman–Crippen MR) is 97.9 cm³/mol. The quantitative estimate of drug-likeness (QED) is 0.557. The number of rotatable bonds is 8. The Morgan fingerprint density at radius 2 is 2.38 bits per heavy atom. The lowest BCUT2D eigenvalue weighted by Crippen LogP contribution is -2.43. The van der Waals surface area contributed by atoms with Crippen molar-refractivity contribution in [2.75, 3.05) is 33.4 Å². The SMILES string of the molecule is COCCCNC(=S)N(Cc1c(F)cccc1Cl)C[C@H]1CCCO1. The zero-order valence-electron chi connectivity index (χ0n) is 13.9. The highest BCUT2D eigenvalue weighted by Crippen LogP contribution is 2.22. The fourth-order valence-corrected chi connectivity index (χ4v) is 3.12. The predicted octanol–water partition coefficient (Wildman–Crippen LogP) is 3.37. The number of benzene rings is 1. The van der Waals surface area contributed by atoms with Gasteiger partial charge < -0.3 is 19.7 Å². The Hall–Kier alpha value is -0.950. The summed E-state index contributed by atoms with van der Waals surface area (Å²) in [6.07, 6.45) is 3.01. The van der Waals surface area contributed by atoms with Gasteiger partial charge in [0.1, 0.15) is 5.82 Å². The monoisotopic (exact) mass is 374 g/mol. The maximum absolute atomic E-state index is 14.1. The summed E-state index contributed by atoms with van der Waals surface area (Å²) in [6, 6.07) is 4.71. The molecule has 1 heterocycles. The molecule has 2 rings (SSSR count). The summed E-state index contributed by atoms with van der Waals surface area (Å²) in [5, 5.41) is 4.20. The van der Waals surface area contributed by atoms with Crippen molar-refractivity contribution in [1.29, 1.82) is 0 Å². The van der Waals surface area contributed by atoms with E-state index in [1.807, 2.05) is 4.90 Å². The number of nitrogens with zero attached hydrogens (tertiary/aromatic N) is 1. The summed E-state index contributed by atoms with van der Waals surface area (Å²) in [6.45, 7) is 3.09. The van der Waals surface area contributed by atoms with Crippen LogP contribution < -0.4 is 5.32 Å². The van der Waals surface area contributed by atoms with Crippen LogP contribution in [0.3, 0.4) is 0 Å². The van der Waals surface area contributed by atoms with E-state index >= 15 is 0 Å². The Morgan fingerprint density at radius 3 is 3.04 bits per heavy atom. The van der Waals surface area contributed by atoms with E-state index in [-0.39, 0.29) is 11.9 Å². The fraction of sp³-hybridized carbons (Fsp3) is 0.588. The first-order valence-corrected chi connectivity index (χ1v) is 8.96. The Balaban J connectivity index is 2.02. The van der Waals surface area contributed by atoms with Crippen molar-refractivity contribution >= 4 is 28.9 Å². The number of thiocarbonyl (C=S) groups is 1. The maximum atomic E-state index is 14.1. The second kappa shape index (κ2) is 10.1. The minimum atomic E-state index is -0.318. The van der Waals surface area contributed by atoms with Crippen LogP contribution in [0.15, 0.2) is 18.2 Å². The van der Waals surface area contributed by atoms with Crippen LogP contribution in [0.4, 0.5) is 4.39 Å². The summed E-state index contributed by atoms with van der Waals surface area (Å²) in [7, 11) is 1.67. The number of hydrogen-bond acceptors (Lipinski definition) is 3. The van der Waals surface area contributed by atoms with Crippen molar-refractivity contribution < 1.29 is 13.9 Å². The highest BCUT2D eigenvalue weighted by atomic mass is 35.5. The molecule has 1 aliphatic rings. The topological polar surface area (TPSA) is 33.7 Å². The van der Waals surface area contributed by atoms with Crippen molar-refractivity contribution in [3.8, 4) is 0 Å². The van der Waals surface area contributed by atoms with E-state index in [9.17, 15) is 4.39 Å². The van der Waals surface area contributed by atoms with Gasteiger partial charge in [0, 0.05) is 50.5 Å². The number of nitrogens with one attached hydrogen (secondary N) is 1. The highest BCUT2D eigenvalue weighted by molar-refractivity contribution is 7.80. The molecule has 4 nitrogen and oxygen atoms in total. The number of ether oxygens (including phenoxy) is 2. The Morgan fingerprint density at radius 1 is 1.54 bits per heavy atom. The Kier molecular flexibility index (Phi) is 8.18. The van der Waals surface area contributed by atoms with E-state index in [0.717, 1.165) is 25.9 Å². The van der Waals surface area contributed by atoms with E-state index < -0.39 is 0 Å². The van der Waals surface area contributed by atoms with Crippen LogP contribution in [0.2, 0.25) is 5.02 Å². The van der Waals surface area contributed by atoms with Crippen molar-refractivity contribution in [1.82, 2.24) is 10.2 Å². The van der Waals surface area contributed by atoms with Crippen LogP contribution in [0.1, 0.15) is 24.8 Å². The molecular weight excluding hydrogens is 351 g/mol. The van der Waals surface area contributed by atoms with Crippen LogP contribution in [0.25, 0.3) is 0 Å². The third-order valence-corrected chi connectivity index (χ3v) is 4.70. The lowest BCUT2D eigenvalue weighted by Gasteiger charge is -2.29. The molecule has 134 valence electrons. The van der Waals surface area contributed by atoms with Gasteiger partial charge in [0.15, 0.2) is 5.11 Å². The molecular formula is C17H24ClFN2O2S. The van der Waals surface area contributed by atoms with Crippen LogP contribution in [0.5, 0.6) is 0 Å². The van der Waals surface area contributed by atoms with Gasteiger partial charge in [0.2, 0.25) is 0 Å². The summed E-state index contributed by atoms with van der Waals surface area (Å²) in [5.74, 6) is -0.318. The van der Waals surface area contributed by atoms with Crippen molar-refractivity contribution in [3.05, 3.63) is 34.6 Å². The molecule has 1 atom stereocenters. The van der Waals surface area contributed by atoms with Crippen molar-refractivity contribution in [3.63, 3.8) is 0 Å². The smallest absolute Gasteiger partial charge is 0.169 e. The summed E-state index contributed by atoms with van der Waals surface area (Å²) in [5.41, 5.74) is 0.457. The molecule has 0 bridgehead atoms. The van der Waals surface area contributed by atoms with Gasteiger partial charge in [0.25, 0.3) is 0 Å². The first-order chi connectivity index (χ1) is 11.6. The van der Waals surface area contributed by atoms with E-state index in [1.165, 1.54) is 6.07 Å². The number of methoxy groups -OCH3 is 1. The third kappa shape index (κ3) is 5.84. The summed E-state index contributed by atoms with van der Waals surface area (Å²) >= 11 is 11.7. The number of hydrogen-bond donors (Lipinski definition) is 1. The van der Waals surface area contributed by atoms with E-state index in [2.05, 4.69) is 5.32 Å². The average molecular weight is 375 g/mol. The zero-order chi connectivity index (χ0) is 17.4. The molecule has 0 amide bonds. The molecule has 24 heavy (non-hydrogen) atoms. The molecule has 1 aromatic rings. The molecule has 0 spiro atoms. The van der Waals surface area contributed by atoms with Gasteiger partial charge in [-0.2, -0.15) is 0 Å². The second-order valence-electron chi connectivity index (χ2n) is 5.79. The third-order valence-electron chi connectivity index (χ3n) is 3.95. The van der Waals surface area contributed by atoms with Gasteiger partial charge in [-0.3, -0.25) is 0 Å². The van der Waals surface area contributed by atoms with Crippen molar-refractivity contribution in [2.45, 2.75) is 31.9 Å². The van der Waals surface area contributed by atoms with Crippen molar-refractivity contribution in [2.24, 2.45) is 0 Å². The molecule has 7 heteroatoms. The van der Waals surface area contributed by atoms with E-state index in [4.69, 9.17) is 33.3 Å². The Labute approximate surface area is 153 Å². The normalized spacial score (nSPS) is 17.0. The van der Waals surface area contributed by atoms with Gasteiger partial charge in [-0.15, -0.1) is 0 Å². The molecule has 0 radical (unpaired) electrons. The van der Waals surface area contributed by atoms with Crippen LogP contribution in [0, 0.1) is 5.82 Å². The first kappa shape index (κ1) is 19.4. The standard InChI is InChI=1S/C17H24ClFN2O2S/c1-22-9-4-8-20-17(24)21(11-13-5-3-10-23-13)12-14-15(18)6-2-7-16(14)19/h2,6-7,13H,3-5,8-12H2,1H3,(H,20,24)/t13-/m1/s1. The highest BCUT2D eigenvalue weighted by Gasteiger charge is 2.22. The number of halogens is 2. The molecule has 1 aliphatic heterocycles. The lowest BCUT2D eigenvalue weighted by atomic mass is 10.1. The summed E-state index contributed by atoms with van der Waals surface area (Å²) in [4.78, 5) is 1.93. The first-order valence-electron chi connectivity index (χ1n) is 8.18. The van der Waals surface area contributed by atoms with Gasteiger partial charge >= 0.3 is 0 Å². The Bertz CT molecular complexity index is 521. The van der Waals surface area contributed by atoms with Gasteiger partial charge in [0.05, 0.1) is 6.10 Å². The molecule has 0 saturated carbocycles. The second-order valence-corrected chi connectivity index (χ2v) is 6.59. The van der Waals surface area contributed by atoms with Gasteiger partial charge in [-0.05, 0) is 43.6 Å². The minimum Gasteiger partial charge on any atom is -0.385 e. The summed E-state index contributed by atoms with van der Waals surface area (Å²) < 4.78 is 24.9. The van der Waals surface area contributed by atoms with Gasteiger partial charge in [-0.1, -0.05) is 17.7 Å². The average Bonchev–Trinajstić information content (AvgIpc) is 3.07. The molecule has 0 aliphatic carbocycles. The molecule has 1 N–H and O–H groups in total. The molecule has 1 fully saturated rings. The maximum Gasteiger partial charge on any atom is 0.169 e. The van der Waals surface area contributed by atoms with Crippen LogP contribution in [-0.4, -0.2) is 49.5 Å². The van der Waals surface area contributed by atoms with Crippen LogP contribution >= 0.6 is 23.8 Å². The van der Waals surface area contributed by atoms with E-state index in [1.54, 1.807) is 19.2 Å². The minimum absolute atomic E-state index is 0.120. The molecule has 1 aromatic carbocycles. The van der Waals surface area contributed by atoms with Gasteiger partial charge in [-0.25, -0.2) is 4.39 Å². The molecule has 1 saturated heterocycles. The molecule has 0 unspecified atom stereocenters.